The third-order valence-corrected chi connectivity index (χ3v) is 11.3. The minimum absolute atomic E-state index is 0.877. The Morgan fingerprint density at radius 3 is 2.12 bits per heavy atom. The molecule has 6 aromatic carbocycles. The summed E-state index contributed by atoms with van der Waals surface area (Å²) in [5.41, 5.74) is 7.90. The normalized spacial score (nSPS) is 12.7. The molecule has 0 saturated heterocycles. The summed E-state index contributed by atoms with van der Waals surface area (Å²) in [6, 6.07) is 41.7. The Bertz CT molecular complexity index is 2840. The van der Waals surface area contributed by atoms with Crippen LogP contribution in [0.5, 0.6) is 0 Å². The number of benzene rings is 6. The number of hydrogen-bond acceptors (Lipinski definition) is 4. The zero-order valence-corrected chi connectivity index (χ0v) is 24.3. The smallest absolute Gasteiger partial charge is 0.166 e. The average Bonchev–Trinajstić information content (AvgIpc) is 3.70. The Morgan fingerprint density at radius 2 is 1.21 bits per heavy atom. The third-order valence-electron chi connectivity index (χ3n) is 9.14. The van der Waals surface area contributed by atoms with Gasteiger partial charge < -0.3 is 0 Å². The number of fused-ring (bicyclic) bond motifs is 4. The second kappa shape index (κ2) is 7.84. The molecule has 4 heterocycles. The first kappa shape index (κ1) is 22.5. The van der Waals surface area contributed by atoms with Crippen molar-refractivity contribution in [2.24, 2.45) is 0 Å². The molecule has 11 rings (SSSR count). The van der Waals surface area contributed by atoms with Gasteiger partial charge in [-0.3, -0.25) is 4.57 Å². The highest BCUT2D eigenvalue weighted by atomic mass is 32.1. The molecule has 0 N–H and O–H groups in total. The van der Waals surface area contributed by atoms with Gasteiger partial charge in [0.05, 0.1) is 11.0 Å². The second-order valence-corrected chi connectivity index (χ2v) is 13.4. The molecule has 43 heavy (non-hydrogen) atoms. The van der Waals surface area contributed by atoms with Crippen molar-refractivity contribution in [3.05, 3.63) is 115 Å². The van der Waals surface area contributed by atoms with Gasteiger partial charge in [-0.25, -0.2) is 9.97 Å². The Morgan fingerprint density at radius 1 is 0.488 bits per heavy atom. The predicted octanol–water partition coefficient (Wildman–Crippen LogP) is 11.1. The van der Waals surface area contributed by atoms with E-state index in [1.54, 1.807) is 11.3 Å². The Balaban J connectivity index is 1.40. The lowest BCUT2D eigenvalue weighted by Gasteiger charge is -2.14. The number of rotatable bonds is 2. The van der Waals surface area contributed by atoms with Crippen LogP contribution in [0.25, 0.3) is 101 Å². The molecule has 10 aromatic rings. The van der Waals surface area contributed by atoms with E-state index < -0.39 is 0 Å². The third kappa shape index (κ3) is 2.75. The molecule has 4 aromatic heterocycles. The van der Waals surface area contributed by atoms with Gasteiger partial charge in [-0.2, -0.15) is 0 Å². The Hall–Kier alpha value is -5.10. The summed E-state index contributed by atoms with van der Waals surface area (Å²) in [4.78, 5) is 11.8. The molecule has 0 radical (unpaired) electrons. The summed E-state index contributed by atoms with van der Waals surface area (Å²) in [5, 5.41) is 9.09. The van der Waals surface area contributed by atoms with E-state index in [1.807, 2.05) is 11.3 Å². The Kier molecular flexibility index (Phi) is 4.10. The number of hydrogen-bond donors (Lipinski definition) is 0. The van der Waals surface area contributed by atoms with Crippen LogP contribution >= 0.6 is 22.7 Å². The number of nitrogens with zero attached hydrogens (tertiary/aromatic N) is 3. The zero-order valence-electron chi connectivity index (χ0n) is 22.6. The van der Waals surface area contributed by atoms with E-state index in [0.29, 0.717) is 0 Å². The maximum absolute atomic E-state index is 5.48. The first-order valence-electron chi connectivity index (χ1n) is 14.4. The molecule has 0 saturated carbocycles. The van der Waals surface area contributed by atoms with Crippen molar-refractivity contribution in [2.45, 2.75) is 0 Å². The quantitative estimate of drug-likeness (QED) is 0.203. The van der Waals surface area contributed by atoms with Gasteiger partial charge in [-0.1, -0.05) is 84.9 Å². The highest BCUT2D eigenvalue weighted by Gasteiger charge is 2.27. The molecule has 0 spiro atoms. The molecule has 0 unspecified atom stereocenters. The van der Waals surface area contributed by atoms with Crippen LogP contribution in [0.15, 0.2) is 115 Å². The van der Waals surface area contributed by atoms with Crippen molar-refractivity contribution in [2.75, 3.05) is 0 Å². The van der Waals surface area contributed by atoms with E-state index in [9.17, 15) is 0 Å². The molecule has 0 aliphatic heterocycles. The summed E-state index contributed by atoms with van der Waals surface area (Å²) in [6.45, 7) is 0. The lowest BCUT2D eigenvalue weighted by Crippen LogP contribution is -2.03. The predicted molar refractivity (Wildman–Crippen MR) is 184 cm³/mol. The second-order valence-electron chi connectivity index (χ2n) is 11.3. The molecule has 0 fully saturated rings. The van der Waals surface area contributed by atoms with Gasteiger partial charge in [0.25, 0.3) is 0 Å². The molecule has 1 aliphatic rings. The van der Waals surface area contributed by atoms with E-state index in [-0.39, 0.29) is 0 Å². The van der Waals surface area contributed by atoms with Crippen LogP contribution in [-0.2, 0) is 0 Å². The fraction of sp³-hybridized carbons (Fsp3) is 0. The highest BCUT2D eigenvalue weighted by molar-refractivity contribution is 7.26. The van der Waals surface area contributed by atoms with Crippen LogP contribution in [0.4, 0.5) is 0 Å². The topological polar surface area (TPSA) is 30.7 Å². The fourth-order valence-corrected chi connectivity index (χ4v) is 9.57. The van der Waals surface area contributed by atoms with Gasteiger partial charge in [0.1, 0.15) is 16.0 Å². The van der Waals surface area contributed by atoms with E-state index in [0.717, 1.165) is 32.8 Å². The van der Waals surface area contributed by atoms with E-state index in [1.165, 1.54) is 68.6 Å². The van der Waals surface area contributed by atoms with Crippen molar-refractivity contribution < 1.29 is 0 Å². The van der Waals surface area contributed by atoms with Crippen molar-refractivity contribution in [1.82, 2.24) is 14.5 Å². The molecule has 0 bridgehead atoms. The van der Waals surface area contributed by atoms with Gasteiger partial charge in [-0.05, 0) is 52.2 Å². The minimum Gasteiger partial charge on any atom is -0.292 e. The van der Waals surface area contributed by atoms with Crippen LogP contribution in [0.2, 0.25) is 0 Å². The van der Waals surface area contributed by atoms with Crippen LogP contribution in [-0.4, -0.2) is 14.5 Å². The van der Waals surface area contributed by atoms with Crippen molar-refractivity contribution in [3.63, 3.8) is 0 Å². The van der Waals surface area contributed by atoms with Gasteiger partial charge >= 0.3 is 0 Å². The van der Waals surface area contributed by atoms with Gasteiger partial charge in [0, 0.05) is 46.6 Å². The maximum atomic E-state index is 5.48. The standard InChI is InChI=1S/C38H19N3S2/c1-2-8-21(9-3-1)35-37(40-38-36(39-35)24-11-4-5-14-27(24)43-38)41-25-17-16-20-10-6-12-22-23-13-7-15-28-31(23)34-29(42-28)19-18-26(41)33(34)32(25)30(20)22/h1-19H. The van der Waals surface area contributed by atoms with Crippen molar-refractivity contribution in [1.29, 1.82) is 0 Å². The minimum atomic E-state index is 0.877. The molecule has 198 valence electrons. The van der Waals surface area contributed by atoms with Crippen LogP contribution in [0, 0.1) is 0 Å². The summed E-state index contributed by atoms with van der Waals surface area (Å²) >= 11 is 3.61. The SMILES string of the molecule is c1ccc(-c2nc3c(nc2-n2c4ccc5cccc6c5c4c4c5c(ccc42)sc2cccc-6c25)sc2ccccc23)cc1. The van der Waals surface area contributed by atoms with Gasteiger partial charge in [0.2, 0.25) is 0 Å². The van der Waals surface area contributed by atoms with Gasteiger partial charge in [0.15, 0.2) is 5.82 Å². The summed E-state index contributed by atoms with van der Waals surface area (Å²) in [5.74, 6) is 0.877. The average molecular weight is 582 g/mol. The Labute approximate surface area is 252 Å². The molecule has 3 nitrogen and oxygen atoms in total. The summed E-state index contributed by atoms with van der Waals surface area (Å²) in [7, 11) is 0. The fourth-order valence-electron chi connectivity index (χ4n) is 7.41. The lowest BCUT2D eigenvalue weighted by molar-refractivity contribution is 1.09. The largest absolute Gasteiger partial charge is 0.292 e. The lowest BCUT2D eigenvalue weighted by atomic mass is 9.95. The molecular formula is C38H19N3S2. The molecule has 1 aliphatic carbocycles. The monoisotopic (exact) mass is 581 g/mol. The van der Waals surface area contributed by atoms with E-state index in [4.69, 9.17) is 9.97 Å². The highest BCUT2D eigenvalue weighted by Crippen LogP contribution is 2.52. The number of aromatic nitrogens is 3. The van der Waals surface area contributed by atoms with Gasteiger partial charge in [-0.15, -0.1) is 22.7 Å². The number of thiophene rings is 2. The first-order valence-corrected chi connectivity index (χ1v) is 16.1. The van der Waals surface area contributed by atoms with Crippen LogP contribution in [0.1, 0.15) is 0 Å². The van der Waals surface area contributed by atoms with E-state index in [2.05, 4.69) is 120 Å². The summed E-state index contributed by atoms with van der Waals surface area (Å²) in [6.07, 6.45) is 0. The molecular weight excluding hydrogens is 563 g/mol. The molecule has 5 heteroatoms. The van der Waals surface area contributed by atoms with Crippen molar-refractivity contribution in [3.8, 4) is 28.2 Å². The van der Waals surface area contributed by atoms with E-state index >= 15 is 0 Å². The molecule has 0 atom stereocenters. The first-order chi connectivity index (χ1) is 21.3. The molecule has 0 amide bonds. The summed E-state index contributed by atoms with van der Waals surface area (Å²) < 4.78 is 6.26. The zero-order chi connectivity index (χ0) is 27.8. The maximum Gasteiger partial charge on any atom is 0.166 e. The van der Waals surface area contributed by atoms with Crippen molar-refractivity contribution >= 4 is 95.9 Å². The van der Waals surface area contributed by atoms with Crippen LogP contribution < -0.4 is 0 Å². The van der Waals surface area contributed by atoms with Crippen LogP contribution in [0.3, 0.4) is 0 Å².